The lowest BCUT2D eigenvalue weighted by atomic mass is 10.0. The van der Waals surface area contributed by atoms with Gasteiger partial charge in [0.05, 0.1) is 17.7 Å². The molecule has 0 saturated heterocycles. The molecule has 0 bridgehead atoms. The van der Waals surface area contributed by atoms with Gasteiger partial charge >= 0.3 is 36.1 Å². The first-order chi connectivity index (χ1) is 19.3. The summed E-state index contributed by atoms with van der Waals surface area (Å²) in [5.74, 6) is -21.1. The largest absolute Gasteiger partial charge is 0.462 e. The van der Waals surface area contributed by atoms with Gasteiger partial charge in [-0.15, -0.1) is 0 Å². The molecule has 0 aliphatic rings. The number of hydrogen-bond acceptors (Lipinski definition) is 4. The third kappa shape index (κ3) is 12.2. The van der Waals surface area contributed by atoms with E-state index in [0.29, 0.717) is 6.42 Å². The van der Waals surface area contributed by atoms with Crippen LogP contribution < -0.4 is 0 Å². The van der Waals surface area contributed by atoms with Gasteiger partial charge in [0, 0.05) is 0 Å². The van der Waals surface area contributed by atoms with Crippen LogP contribution in [0.5, 0.6) is 0 Å². The Morgan fingerprint density at radius 1 is 0.683 bits per heavy atom. The van der Waals surface area contributed by atoms with Crippen molar-refractivity contribution in [3.63, 3.8) is 0 Å². The lowest BCUT2D eigenvalue weighted by molar-refractivity contribution is -0.343. The molecule has 1 aromatic rings. The van der Waals surface area contributed by atoms with E-state index in [2.05, 4.69) is 11.7 Å². The fourth-order valence-corrected chi connectivity index (χ4v) is 4.03. The fraction of sp³-hybridized carbons (Fsp3) is 0.724. The molecule has 0 fully saturated rings. The molecule has 0 saturated carbocycles. The van der Waals surface area contributed by atoms with E-state index in [1.54, 1.807) is 0 Å². The smallest absolute Gasteiger partial charge is 0.381 e. The average Bonchev–Trinajstić information content (AvgIpc) is 2.93. The van der Waals surface area contributed by atoms with Crippen LogP contribution in [-0.4, -0.2) is 49.3 Å². The average molecular weight is 605 g/mol. The monoisotopic (exact) mass is 604 g/mol. The van der Waals surface area contributed by atoms with Crippen LogP contribution in [0.1, 0.15) is 118 Å². The van der Waals surface area contributed by atoms with Gasteiger partial charge in [-0.1, -0.05) is 96.5 Å². The van der Waals surface area contributed by atoms with Crippen LogP contribution in [0, 0.1) is 0 Å². The summed E-state index contributed by atoms with van der Waals surface area (Å²) in [6, 6.07) is 4.30. The Hall–Kier alpha value is -2.40. The molecule has 0 amide bonds. The highest BCUT2D eigenvalue weighted by Gasteiger charge is 2.75. The minimum absolute atomic E-state index is 0.102. The van der Waals surface area contributed by atoms with Crippen LogP contribution in [0.4, 0.5) is 35.1 Å². The second-order valence-electron chi connectivity index (χ2n) is 10.1. The predicted molar refractivity (Wildman–Crippen MR) is 138 cm³/mol. The molecule has 0 aromatic heterocycles. The number of hydrogen-bond donors (Lipinski definition) is 0. The minimum atomic E-state index is -6.49. The van der Waals surface area contributed by atoms with Gasteiger partial charge in [-0.25, -0.2) is 18.4 Å². The van der Waals surface area contributed by atoms with E-state index in [1.807, 2.05) is 0 Å². The third-order valence-electron chi connectivity index (χ3n) is 6.60. The molecule has 0 N–H and O–H groups in total. The standard InChI is InChI=1S/C29H40F8O4/c1-2-3-4-5-6-7-8-9-10-11-12-13-14-15-19-40-24(38)22-17-16-18-23(20-22)25(39)41-21-27(32,33)29(36,37)28(34,35)26(30)31/h16-18,20,26H,2-15,19,21H2,1H3. The summed E-state index contributed by atoms with van der Waals surface area (Å²) in [5.41, 5.74) is -0.693. The Labute approximate surface area is 236 Å². The van der Waals surface area contributed by atoms with E-state index in [0.717, 1.165) is 43.9 Å². The lowest BCUT2D eigenvalue weighted by Gasteiger charge is -2.31. The highest BCUT2D eigenvalue weighted by atomic mass is 19.4. The van der Waals surface area contributed by atoms with Gasteiger partial charge in [0.25, 0.3) is 0 Å². The molecule has 236 valence electrons. The number of rotatable bonds is 22. The Morgan fingerprint density at radius 3 is 1.54 bits per heavy atom. The molecule has 0 atom stereocenters. The molecule has 12 heteroatoms. The predicted octanol–water partition coefficient (Wildman–Crippen LogP) is 9.65. The maximum atomic E-state index is 13.6. The number of ether oxygens (including phenoxy) is 2. The van der Waals surface area contributed by atoms with E-state index >= 15 is 0 Å². The molecule has 4 nitrogen and oxygen atoms in total. The third-order valence-corrected chi connectivity index (χ3v) is 6.60. The number of benzene rings is 1. The van der Waals surface area contributed by atoms with Crippen LogP contribution in [0.2, 0.25) is 0 Å². The van der Waals surface area contributed by atoms with Gasteiger partial charge in [0.1, 0.15) is 0 Å². The summed E-state index contributed by atoms with van der Waals surface area (Å²) < 4.78 is 113. The van der Waals surface area contributed by atoms with Gasteiger partial charge in [0.2, 0.25) is 0 Å². The van der Waals surface area contributed by atoms with E-state index in [-0.39, 0.29) is 12.2 Å². The molecule has 0 radical (unpaired) electrons. The van der Waals surface area contributed by atoms with Crippen molar-refractivity contribution in [2.75, 3.05) is 13.2 Å². The molecule has 0 aliphatic heterocycles. The van der Waals surface area contributed by atoms with Crippen molar-refractivity contribution in [3.05, 3.63) is 35.4 Å². The SMILES string of the molecule is CCCCCCCCCCCCCCCCOC(=O)c1cccc(C(=O)OCC(F)(F)C(F)(F)C(F)(F)C(F)F)c1. The highest BCUT2D eigenvalue weighted by Crippen LogP contribution is 2.48. The molecule has 0 aliphatic carbocycles. The molecule has 1 aromatic carbocycles. The zero-order chi connectivity index (χ0) is 30.9. The zero-order valence-corrected chi connectivity index (χ0v) is 23.4. The Balaban J connectivity index is 2.33. The Bertz CT molecular complexity index is 909. The highest BCUT2D eigenvalue weighted by molar-refractivity contribution is 5.95. The van der Waals surface area contributed by atoms with Crippen molar-refractivity contribution in [1.82, 2.24) is 0 Å². The summed E-state index contributed by atoms with van der Waals surface area (Å²) in [7, 11) is 0. The summed E-state index contributed by atoms with van der Waals surface area (Å²) in [6.07, 6.45) is 11.1. The first kappa shape index (κ1) is 36.6. The minimum Gasteiger partial charge on any atom is -0.462 e. The second-order valence-corrected chi connectivity index (χ2v) is 10.1. The van der Waals surface area contributed by atoms with Gasteiger partial charge in [0.15, 0.2) is 6.61 Å². The lowest BCUT2D eigenvalue weighted by Crippen LogP contribution is -2.59. The molecule has 0 spiro atoms. The van der Waals surface area contributed by atoms with Crippen molar-refractivity contribution in [3.8, 4) is 0 Å². The molecule has 1 rings (SSSR count). The first-order valence-corrected chi connectivity index (χ1v) is 14.1. The van der Waals surface area contributed by atoms with Crippen molar-refractivity contribution in [1.29, 1.82) is 0 Å². The number of carbonyl (C=O) groups excluding carboxylic acids is 2. The number of halogens is 8. The number of esters is 2. The Morgan fingerprint density at radius 2 is 1.10 bits per heavy atom. The van der Waals surface area contributed by atoms with Crippen molar-refractivity contribution in [2.45, 2.75) is 121 Å². The summed E-state index contributed by atoms with van der Waals surface area (Å²) in [4.78, 5) is 24.2. The van der Waals surface area contributed by atoms with E-state index in [4.69, 9.17) is 4.74 Å². The molecule has 0 heterocycles. The van der Waals surface area contributed by atoms with Crippen LogP contribution in [0.3, 0.4) is 0 Å². The Kier molecular flexibility index (Phi) is 16.3. The van der Waals surface area contributed by atoms with Crippen molar-refractivity contribution >= 4 is 11.9 Å². The van der Waals surface area contributed by atoms with Crippen LogP contribution in [0.25, 0.3) is 0 Å². The van der Waals surface area contributed by atoms with Gasteiger partial charge < -0.3 is 9.47 Å². The maximum absolute atomic E-state index is 13.6. The summed E-state index contributed by atoms with van der Waals surface area (Å²) >= 11 is 0. The van der Waals surface area contributed by atoms with Crippen molar-refractivity contribution < 1.29 is 54.2 Å². The molecule has 41 heavy (non-hydrogen) atoms. The molecular weight excluding hydrogens is 564 g/mol. The number of unbranched alkanes of at least 4 members (excludes halogenated alkanes) is 13. The van der Waals surface area contributed by atoms with E-state index in [1.165, 1.54) is 63.9 Å². The number of alkyl halides is 8. The summed E-state index contributed by atoms with van der Waals surface area (Å²) in [5, 5.41) is 0. The molecular formula is C29H40F8O4. The topological polar surface area (TPSA) is 52.6 Å². The van der Waals surface area contributed by atoms with Crippen molar-refractivity contribution in [2.24, 2.45) is 0 Å². The maximum Gasteiger partial charge on any atom is 0.381 e. The second kappa shape index (κ2) is 18.2. The normalized spacial score (nSPS) is 12.5. The van der Waals surface area contributed by atoms with E-state index < -0.39 is 48.3 Å². The van der Waals surface area contributed by atoms with Crippen LogP contribution >= 0.6 is 0 Å². The number of carbonyl (C=O) groups is 2. The van der Waals surface area contributed by atoms with Crippen LogP contribution in [0.15, 0.2) is 24.3 Å². The van der Waals surface area contributed by atoms with E-state index in [9.17, 15) is 44.7 Å². The quantitative estimate of drug-likeness (QED) is 0.0751. The van der Waals surface area contributed by atoms with Gasteiger partial charge in [-0.2, -0.15) is 26.3 Å². The van der Waals surface area contributed by atoms with Crippen LogP contribution in [-0.2, 0) is 9.47 Å². The fourth-order valence-electron chi connectivity index (χ4n) is 4.03. The summed E-state index contributed by atoms with van der Waals surface area (Å²) in [6.45, 7) is -0.280. The zero-order valence-electron chi connectivity index (χ0n) is 23.4. The molecule has 0 unspecified atom stereocenters. The first-order valence-electron chi connectivity index (χ1n) is 14.1. The van der Waals surface area contributed by atoms with Gasteiger partial charge in [-0.05, 0) is 24.6 Å². The van der Waals surface area contributed by atoms with Gasteiger partial charge in [-0.3, -0.25) is 0 Å².